The molecule has 1 saturated heterocycles. The van der Waals surface area contributed by atoms with Crippen LogP contribution in [0.15, 0.2) is 24.3 Å². The molecule has 1 aromatic rings. The van der Waals surface area contributed by atoms with E-state index in [-0.39, 0.29) is 18.1 Å². The number of piperazine rings is 1. The number of amides is 1. The summed E-state index contributed by atoms with van der Waals surface area (Å²) in [6, 6.07) is 8.46. The third-order valence-corrected chi connectivity index (χ3v) is 4.30. The molecule has 134 valence electrons. The molecule has 0 N–H and O–H groups in total. The molecule has 1 amide bonds. The van der Waals surface area contributed by atoms with Crippen molar-refractivity contribution in [2.75, 3.05) is 39.4 Å². The van der Waals surface area contributed by atoms with Crippen molar-refractivity contribution in [2.24, 2.45) is 0 Å². The Hall–Kier alpha value is -1.59. The van der Waals surface area contributed by atoms with E-state index in [0.717, 1.165) is 45.1 Å². The molecular weight excluding hydrogens is 304 g/mol. The molecule has 0 radical (unpaired) electrons. The van der Waals surface area contributed by atoms with Gasteiger partial charge in [0, 0.05) is 39.7 Å². The predicted molar refractivity (Wildman–Crippen MR) is 95.3 cm³/mol. The second-order valence-electron chi connectivity index (χ2n) is 6.45. The van der Waals surface area contributed by atoms with Gasteiger partial charge in [-0.15, -0.1) is 0 Å². The van der Waals surface area contributed by atoms with Gasteiger partial charge in [0.1, 0.15) is 5.75 Å². The number of nitrogens with zero attached hydrogens (tertiary/aromatic N) is 2. The van der Waals surface area contributed by atoms with E-state index in [1.165, 1.54) is 5.56 Å². The highest BCUT2D eigenvalue weighted by molar-refractivity contribution is 5.73. The molecule has 1 heterocycles. The maximum Gasteiger partial charge on any atom is 0.219 e. The number of hydrogen-bond donors (Lipinski definition) is 0. The van der Waals surface area contributed by atoms with Gasteiger partial charge in [-0.05, 0) is 38.5 Å². The second kappa shape index (κ2) is 9.04. The van der Waals surface area contributed by atoms with Crippen molar-refractivity contribution in [1.82, 2.24) is 9.80 Å². The van der Waals surface area contributed by atoms with Crippen molar-refractivity contribution in [3.63, 3.8) is 0 Å². The van der Waals surface area contributed by atoms with E-state index in [0.29, 0.717) is 0 Å². The highest BCUT2D eigenvalue weighted by Gasteiger charge is 2.29. The molecule has 0 saturated carbocycles. The Kier molecular flexibility index (Phi) is 7.06. The van der Waals surface area contributed by atoms with Gasteiger partial charge in [-0.1, -0.05) is 12.1 Å². The Morgan fingerprint density at radius 2 is 1.96 bits per heavy atom. The SMILES string of the molecule is CCOCCN1CCN(C(C)=O)C[C@@H]1c1ccc(OC(C)C)cc1. The van der Waals surface area contributed by atoms with E-state index >= 15 is 0 Å². The van der Waals surface area contributed by atoms with Gasteiger partial charge in [-0.2, -0.15) is 0 Å². The maximum absolute atomic E-state index is 11.8. The van der Waals surface area contributed by atoms with Crippen LogP contribution >= 0.6 is 0 Å². The maximum atomic E-state index is 11.8. The topological polar surface area (TPSA) is 42.0 Å². The van der Waals surface area contributed by atoms with Gasteiger partial charge in [0.25, 0.3) is 0 Å². The number of benzene rings is 1. The normalized spacial score (nSPS) is 18.9. The third-order valence-electron chi connectivity index (χ3n) is 4.30. The van der Waals surface area contributed by atoms with Gasteiger partial charge in [0.2, 0.25) is 5.91 Å². The second-order valence-corrected chi connectivity index (χ2v) is 6.45. The van der Waals surface area contributed by atoms with E-state index in [9.17, 15) is 4.79 Å². The Bertz CT molecular complexity index is 516. The molecule has 5 nitrogen and oxygen atoms in total. The summed E-state index contributed by atoms with van der Waals surface area (Å²) in [6.45, 7) is 12.4. The average molecular weight is 334 g/mol. The Balaban J connectivity index is 2.11. The molecule has 0 bridgehead atoms. The fourth-order valence-corrected chi connectivity index (χ4v) is 3.06. The Labute approximate surface area is 145 Å². The molecule has 5 heteroatoms. The molecule has 1 aliphatic rings. The first-order chi connectivity index (χ1) is 11.5. The van der Waals surface area contributed by atoms with Crippen LogP contribution in [0.25, 0.3) is 0 Å². The van der Waals surface area contributed by atoms with Crippen LogP contribution in [-0.2, 0) is 9.53 Å². The summed E-state index contributed by atoms with van der Waals surface area (Å²) in [5.41, 5.74) is 1.22. The number of rotatable bonds is 7. The lowest BCUT2D eigenvalue weighted by Gasteiger charge is -2.41. The van der Waals surface area contributed by atoms with E-state index in [1.807, 2.05) is 37.8 Å². The van der Waals surface area contributed by atoms with Crippen molar-refractivity contribution in [3.05, 3.63) is 29.8 Å². The number of ether oxygens (including phenoxy) is 2. The average Bonchev–Trinajstić information content (AvgIpc) is 2.55. The lowest BCUT2D eigenvalue weighted by molar-refractivity contribution is -0.132. The standard InChI is InChI=1S/C19H30N2O3/c1-5-23-13-12-20-10-11-21(16(4)22)14-19(20)17-6-8-18(9-7-17)24-15(2)3/h6-9,15,19H,5,10-14H2,1-4H3/t19-/m1/s1. The van der Waals surface area contributed by atoms with Crippen LogP contribution in [0.3, 0.4) is 0 Å². The number of hydrogen-bond acceptors (Lipinski definition) is 4. The largest absolute Gasteiger partial charge is 0.491 e. The molecule has 0 aromatic heterocycles. The van der Waals surface area contributed by atoms with Crippen LogP contribution in [0.2, 0.25) is 0 Å². The van der Waals surface area contributed by atoms with Crippen LogP contribution in [0.1, 0.15) is 39.3 Å². The van der Waals surface area contributed by atoms with E-state index in [1.54, 1.807) is 6.92 Å². The summed E-state index contributed by atoms with van der Waals surface area (Å²) in [7, 11) is 0. The summed E-state index contributed by atoms with van der Waals surface area (Å²) in [5, 5.41) is 0. The molecule has 1 aliphatic heterocycles. The van der Waals surface area contributed by atoms with Crippen LogP contribution in [0.4, 0.5) is 0 Å². The summed E-state index contributed by atoms with van der Waals surface area (Å²) in [4.78, 5) is 16.1. The quantitative estimate of drug-likeness (QED) is 0.719. The highest BCUT2D eigenvalue weighted by Crippen LogP contribution is 2.27. The summed E-state index contributed by atoms with van der Waals surface area (Å²) >= 11 is 0. The molecule has 24 heavy (non-hydrogen) atoms. The highest BCUT2D eigenvalue weighted by atomic mass is 16.5. The number of carbonyl (C=O) groups is 1. The van der Waals surface area contributed by atoms with E-state index in [4.69, 9.17) is 9.47 Å². The Morgan fingerprint density at radius 3 is 2.54 bits per heavy atom. The first kappa shape index (κ1) is 18.7. The monoisotopic (exact) mass is 334 g/mol. The minimum Gasteiger partial charge on any atom is -0.491 e. The lowest BCUT2D eigenvalue weighted by atomic mass is 10.0. The van der Waals surface area contributed by atoms with Crippen molar-refractivity contribution >= 4 is 5.91 Å². The fraction of sp³-hybridized carbons (Fsp3) is 0.632. The van der Waals surface area contributed by atoms with Gasteiger partial charge in [0.15, 0.2) is 0 Å². The summed E-state index contributed by atoms with van der Waals surface area (Å²) in [5.74, 6) is 1.03. The minimum absolute atomic E-state index is 0.143. The third kappa shape index (κ3) is 5.21. The zero-order valence-electron chi connectivity index (χ0n) is 15.3. The predicted octanol–water partition coefficient (Wildman–Crippen LogP) is 2.72. The lowest BCUT2D eigenvalue weighted by Crippen LogP contribution is -2.50. The first-order valence-corrected chi connectivity index (χ1v) is 8.85. The van der Waals surface area contributed by atoms with Crippen LogP contribution < -0.4 is 4.74 Å². The summed E-state index contributed by atoms with van der Waals surface area (Å²) in [6.07, 6.45) is 0.168. The van der Waals surface area contributed by atoms with Crippen LogP contribution in [-0.4, -0.2) is 61.2 Å². The van der Waals surface area contributed by atoms with Crippen LogP contribution in [0.5, 0.6) is 5.75 Å². The van der Waals surface area contributed by atoms with E-state index in [2.05, 4.69) is 17.0 Å². The molecule has 0 spiro atoms. The zero-order valence-corrected chi connectivity index (χ0v) is 15.3. The fourth-order valence-electron chi connectivity index (χ4n) is 3.06. The molecule has 0 unspecified atom stereocenters. The van der Waals surface area contributed by atoms with Crippen LogP contribution in [0, 0.1) is 0 Å². The van der Waals surface area contributed by atoms with Gasteiger partial charge >= 0.3 is 0 Å². The molecule has 1 fully saturated rings. The molecule has 1 aromatic carbocycles. The molecule has 1 atom stereocenters. The Morgan fingerprint density at radius 1 is 1.25 bits per heavy atom. The zero-order chi connectivity index (χ0) is 17.5. The van der Waals surface area contributed by atoms with Crippen molar-refractivity contribution in [3.8, 4) is 5.75 Å². The molecule has 2 rings (SSSR count). The summed E-state index contributed by atoms with van der Waals surface area (Å²) < 4.78 is 11.2. The van der Waals surface area contributed by atoms with Gasteiger partial charge in [0.05, 0.1) is 18.8 Å². The van der Waals surface area contributed by atoms with E-state index < -0.39 is 0 Å². The number of carbonyl (C=O) groups excluding carboxylic acids is 1. The molecule has 0 aliphatic carbocycles. The molecular formula is C19H30N2O3. The van der Waals surface area contributed by atoms with Gasteiger partial charge in [-0.3, -0.25) is 9.69 Å². The van der Waals surface area contributed by atoms with Crippen molar-refractivity contribution < 1.29 is 14.3 Å². The van der Waals surface area contributed by atoms with Gasteiger partial charge in [-0.25, -0.2) is 0 Å². The van der Waals surface area contributed by atoms with Crippen molar-refractivity contribution in [1.29, 1.82) is 0 Å². The van der Waals surface area contributed by atoms with Crippen molar-refractivity contribution in [2.45, 2.75) is 39.8 Å². The first-order valence-electron chi connectivity index (χ1n) is 8.85. The van der Waals surface area contributed by atoms with Gasteiger partial charge < -0.3 is 14.4 Å². The smallest absolute Gasteiger partial charge is 0.219 e. The minimum atomic E-state index is 0.143.